The molecule has 0 fully saturated rings. The predicted molar refractivity (Wildman–Crippen MR) is 60.0 cm³/mol. The Bertz CT molecular complexity index is 289. The second kappa shape index (κ2) is 6.27. The maximum absolute atomic E-state index is 11.4. The number of nitrogens with one attached hydrogen (secondary N) is 2. The lowest BCUT2D eigenvalue weighted by atomic mass is 10.1. The predicted octanol–water partition coefficient (Wildman–Crippen LogP) is 0.131. The number of carboxylic acids is 1. The summed E-state index contributed by atoms with van der Waals surface area (Å²) < 4.78 is 0. The van der Waals surface area contributed by atoms with Crippen molar-refractivity contribution >= 4 is 11.9 Å². The van der Waals surface area contributed by atoms with Gasteiger partial charge < -0.3 is 15.7 Å². The largest absolute Gasteiger partial charge is 0.481 e. The van der Waals surface area contributed by atoms with E-state index in [1.54, 1.807) is 12.2 Å². The summed E-state index contributed by atoms with van der Waals surface area (Å²) in [5, 5.41) is 14.5. The Kier molecular flexibility index (Phi) is 4.98. The summed E-state index contributed by atoms with van der Waals surface area (Å²) in [4.78, 5) is 22.1. The molecule has 1 aliphatic carbocycles. The van der Waals surface area contributed by atoms with Gasteiger partial charge in [0.2, 0.25) is 5.91 Å². The summed E-state index contributed by atoms with van der Waals surface area (Å²) >= 11 is 0. The van der Waals surface area contributed by atoms with Crippen LogP contribution in [0.1, 0.15) is 19.3 Å². The summed E-state index contributed by atoms with van der Waals surface area (Å²) in [7, 11) is 1.84. The summed E-state index contributed by atoms with van der Waals surface area (Å²) in [6.45, 7) is 0.811. The molecule has 2 atom stereocenters. The van der Waals surface area contributed by atoms with Crippen molar-refractivity contribution in [2.24, 2.45) is 5.92 Å². The van der Waals surface area contributed by atoms with Crippen LogP contribution in [0.2, 0.25) is 0 Å². The third kappa shape index (κ3) is 4.02. The maximum atomic E-state index is 11.4. The fourth-order valence-corrected chi connectivity index (χ4v) is 1.69. The number of aliphatic carboxylic acids is 1. The van der Waals surface area contributed by atoms with Gasteiger partial charge >= 0.3 is 5.97 Å². The van der Waals surface area contributed by atoms with E-state index >= 15 is 0 Å². The van der Waals surface area contributed by atoms with E-state index in [-0.39, 0.29) is 11.9 Å². The van der Waals surface area contributed by atoms with Crippen LogP contribution in [-0.2, 0) is 9.59 Å². The Balaban J connectivity index is 2.21. The zero-order chi connectivity index (χ0) is 12.0. The quantitative estimate of drug-likeness (QED) is 0.444. The van der Waals surface area contributed by atoms with E-state index in [0.29, 0.717) is 12.8 Å². The smallest absolute Gasteiger partial charge is 0.310 e. The fourth-order valence-electron chi connectivity index (χ4n) is 1.69. The van der Waals surface area contributed by atoms with Crippen molar-refractivity contribution < 1.29 is 14.7 Å². The van der Waals surface area contributed by atoms with E-state index in [1.165, 1.54) is 0 Å². The Morgan fingerprint density at radius 2 is 2.19 bits per heavy atom. The van der Waals surface area contributed by atoms with Gasteiger partial charge in [0.25, 0.3) is 0 Å². The third-order valence-electron chi connectivity index (χ3n) is 2.58. The van der Waals surface area contributed by atoms with Gasteiger partial charge in [0.05, 0.1) is 5.92 Å². The first kappa shape index (κ1) is 12.7. The zero-order valence-electron chi connectivity index (χ0n) is 9.40. The molecule has 5 heteroatoms. The first-order chi connectivity index (χ1) is 7.63. The molecule has 0 saturated heterocycles. The Morgan fingerprint density at radius 1 is 1.44 bits per heavy atom. The highest BCUT2D eigenvalue weighted by atomic mass is 16.4. The number of carbonyl (C=O) groups is 2. The van der Waals surface area contributed by atoms with Crippen molar-refractivity contribution in [1.29, 1.82) is 0 Å². The molecular formula is C11H18N2O3. The van der Waals surface area contributed by atoms with Crippen LogP contribution in [0.5, 0.6) is 0 Å². The molecule has 90 valence electrons. The first-order valence-corrected chi connectivity index (χ1v) is 5.48. The molecule has 0 aromatic carbocycles. The molecule has 0 spiro atoms. The minimum atomic E-state index is -0.830. The summed E-state index contributed by atoms with van der Waals surface area (Å²) in [5.74, 6) is -1.30. The molecule has 0 aliphatic heterocycles. The molecule has 16 heavy (non-hydrogen) atoms. The molecule has 1 amide bonds. The minimum absolute atomic E-state index is 0.0176. The third-order valence-corrected chi connectivity index (χ3v) is 2.58. The summed E-state index contributed by atoms with van der Waals surface area (Å²) in [5.41, 5.74) is 0. The van der Waals surface area contributed by atoms with Crippen molar-refractivity contribution in [3.63, 3.8) is 0 Å². The van der Waals surface area contributed by atoms with Crippen LogP contribution in [0, 0.1) is 5.92 Å². The van der Waals surface area contributed by atoms with E-state index in [0.717, 1.165) is 13.0 Å². The molecule has 2 unspecified atom stereocenters. The van der Waals surface area contributed by atoms with Crippen LogP contribution in [0.4, 0.5) is 0 Å². The molecule has 0 aromatic rings. The highest BCUT2D eigenvalue weighted by molar-refractivity contribution is 5.77. The lowest BCUT2D eigenvalue weighted by Gasteiger charge is -2.11. The van der Waals surface area contributed by atoms with Crippen LogP contribution in [0.25, 0.3) is 0 Å². The van der Waals surface area contributed by atoms with E-state index < -0.39 is 11.9 Å². The molecular weight excluding hydrogens is 208 g/mol. The van der Waals surface area contributed by atoms with Gasteiger partial charge in [-0.2, -0.15) is 0 Å². The monoisotopic (exact) mass is 226 g/mol. The summed E-state index contributed by atoms with van der Waals surface area (Å²) in [6.07, 6.45) is 5.13. The first-order valence-electron chi connectivity index (χ1n) is 5.48. The van der Waals surface area contributed by atoms with Crippen molar-refractivity contribution in [3.8, 4) is 0 Å². The van der Waals surface area contributed by atoms with Crippen molar-refractivity contribution in [2.45, 2.75) is 25.3 Å². The van der Waals surface area contributed by atoms with Crippen molar-refractivity contribution in [1.82, 2.24) is 10.6 Å². The van der Waals surface area contributed by atoms with E-state index in [2.05, 4.69) is 10.6 Å². The zero-order valence-corrected chi connectivity index (χ0v) is 9.40. The molecule has 3 N–H and O–H groups in total. The average molecular weight is 226 g/mol. The van der Waals surface area contributed by atoms with Gasteiger partial charge in [0.15, 0.2) is 0 Å². The van der Waals surface area contributed by atoms with Gasteiger partial charge in [-0.25, -0.2) is 0 Å². The van der Waals surface area contributed by atoms with Gasteiger partial charge in [-0.05, 0) is 26.4 Å². The molecule has 0 saturated carbocycles. The minimum Gasteiger partial charge on any atom is -0.481 e. The normalized spacial score (nSPS) is 23.3. The Morgan fingerprint density at radius 3 is 2.75 bits per heavy atom. The number of hydrogen-bond acceptors (Lipinski definition) is 3. The van der Waals surface area contributed by atoms with Crippen LogP contribution in [-0.4, -0.2) is 36.6 Å². The number of carbonyl (C=O) groups excluding carboxylic acids is 1. The SMILES string of the molecule is CNCCCC(=O)NC1C=CC(C(=O)O)C1. The topological polar surface area (TPSA) is 78.4 Å². The van der Waals surface area contributed by atoms with E-state index in [1.807, 2.05) is 7.05 Å². The Hall–Kier alpha value is -1.36. The average Bonchev–Trinajstić information content (AvgIpc) is 2.66. The van der Waals surface area contributed by atoms with E-state index in [9.17, 15) is 9.59 Å². The second-order valence-corrected chi connectivity index (χ2v) is 3.95. The van der Waals surface area contributed by atoms with Crippen LogP contribution in [0.3, 0.4) is 0 Å². The molecule has 1 rings (SSSR count). The molecule has 1 aliphatic rings. The lowest BCUT2D eigenvalue weighted by Crippen LogP contribution is -2.33. The second-order valence-electron chi connectivity index (χ2n) is 3.95. The van der Waals surface area contributed by atoms with E-state index in [4.69, 9.17) is 5.11 Å². The van der Waals surface area contributed by atoms with Crippen molar-refractivity contribution in [3.05, 3.63) is 12.2 Å². The van der Waals surface area contributed by atoms with Gasteiger partial charge in [-0.15, -0.1) is 0 Å². The highest BCUT2D eigenvalue weighted by Gasteiger charge is 2.24. The molecule has 0 heterocycles. The number of rotatable bonds is 6. The Labute approximate surface area is 94.9 Å². The molecule has 0 radical (unpaired) electrons. The maximum Gasteiger partial charge on any atom is 0.310 e. The standard InChI is InChI=1S/C11H18N2O3/c1-12-6-2-3-10(14)13-9-5-4-8(7-9)11(15)16/h4-5,8-9,12H,2-3,6-7H2,1H3,(H,13,14)(H,15,16). The highest BCUT2D eigenvalue weighted by Crippen LogP contribution is 2.17. The van der Waals surface area contributed by atoms with Crippen LogP contribution < -0.4 is 10.6 Å². The molecule has 0 bridgehead atoms. The lowest BCUT2D eigenvalue weighted by molar-refractivity contribution is -0.140. The van der Waals surface area contributed by atoms with Crippen LogP contribution >= 0.6 is 0 Å². The van der Waals surface area contributed by atoms with Crippen LogP contribution in [0.15, 0.2) is 12.2 Å². The number of hydrogen-bond donors (Lipinski definition) is 3. The van der Waals surface area contributed by atoms with Gasteiger partial charge in [-0.1, -0.05) is 12.2 Å². The fraction of sp³-hybridized carbons (Fsp3) is 0.636. The number of amides is 1. The van der Waals surface area contributed by atoms with Gasteiger partial charge in [0.1, 0.15) is 0 Å². The van der Waals surface area contributed by atoms with Crippen molar-refractivity contribution in [2.75, 3.05) is 13.6 Å². The molecule has 5 nitrogen and oxygen atoms in total. The summed E-state index contributed by atoms with van der Waals surface area (Å²) in [6, 6.07) is -0.122. The molecule has 0 aromatic heterocycles. The number of carboxylic acid groups (broad SMARTS) is 1. The van der Waals surface area contributed by atoms with Gasteiger partial charge in [-0.3, -0.25) is 9.59 Å². The van der Waals surface area contributed by atoms with Gasteiger partial charge in [0, 0.05) is 12.5 Å².